The van der Waals surface area contributed by atoms with Crippen molar-refractivity contribution < 1.29 is 19.0 Å². The van der Waals surface area contributed by atoms with E-state index < -0.39 is 15.0 Å². The van der Waals surface area contributed by atoms with Gasteiger partial charge in [0.05, 0.1) is 28.6 Å². The molecular weight excluding hydrogens is 622 g/mol. The van der Waals surface area contributed by atoms with E-state index in [0.717, 1.165) is 74.5 Å². The number of halogens is 2. The van der Waals surface area contributed by atoms with Gasteiger partial charge in [-0.05, 0) is 87.6 Å². The van der Waals surface area contributed by atoms with Crippen molar-refractivity contribution in [2.75, 3.05) is 39.4 Å². The van der Waals surface area contributed by atoms with Crippen LogP contribution >= 0.6 is 22.6 Å². The van der Waals surface area contributed by atoms with E-state index in [9.17, 15) is 14.3 Å². The Balaban J connectivity index is 1.30. The summed E-state index contributed by atoms with van der Waals surface area (Å²) >= 11 is 2.15. The maximum Gasteiger partial charge on any atom is 0.257 e. The zero-order chi connectivity index (χ0) is 28.2. The molecule has 7 nitrogen and oxygen atoms in total. The van der Waals surface area contributed by atoms with Crippen LogP contribution in [0.1, 0.15) is 54.6 Å². The molecule has 6 rings (SSSR count). The number of amides is 1. The summed E-state index contributed by atoms with van der Waals surface area (Å²) in [6, 6.07) is 4.42. The van der Waals surface area contributed by atoms with Crippen molar-refractivity contribution in [2.24, 2.45) is 11.8 Å². The summed E-state index contributed by atoms with van der Waals surface area (Å²) < 4.78 is 21.3. The highest BCUT2D eigenvalue weighted by atomic mass is 127. The molecule has 1 N–H and O–H groups in total. The molecule has 2 atom stereocenters. The fourth-order valence-corrected chi connectivity index (χ4v) is 7.47. The molecule has 3 saturated heterocycles. The zero-order valence-electron chi connectivity index (χ0n) is 23.5. The smallest absolute Gasteiger partial charge is 0.257 e. The number of fused-ring (bicyclic) bond motifs is 1. The van der Waals surface area contributed by atoms with E-state index in [4.69, 9.17) is 4.74 Å². The largest absolute Gasteiger partial charge is 0.387 e. The van der Waals surface area contributed by atoms with E-state index in [0.29, 0.717) is 24.6 Å². The van der Waals surface area contributed by atoms with Crippen LogP contribution in [0.2, 0.25) is 0 Å². The molecule has 1 aromatic carbocycles. The lowest BCUT2D eigenvalue weighted by Crippen LogP contribution is -2.51. The van der Waals surface area contributed by atoms with Gasteiger partial charge in [-0.1, -0.05) is 22.6 Å². The van der Waals surface area contributed by atoms with Gasteiger partial charge in [-0.15, -0.1) is 0 Å². The van der Waals surface area contributed by atoms with Crippen molar-refractivity contribution in [3.63, 3.8) is 0 Å². The Hall–Kier alpha value is -2.08. The first-order chi connectivity index (χ1) is 19.0. The maximum atomic E-state index is 14.6. The molecule has 214 valence electrons. The third kappa shape index (κ3) is 4.97. The number of nitrogens with zero attached hydrogens (tertiary/aromatic N) is 4. The molecule has 3 aromatic rings. The minimum absolute atomic E-state index is 0.282. The van der Waals surface area contributed by atoms with Crippen LogP contribution in [0.4, 0.5) is 4.39 Å². The quantitative estimate of drug-likeness (QED) is 0.226. The lowest BCUT2D eigenvalue weighted by atomic mass is 9.89. The Labute approximate surface area is 248 Å². The van der Waals surface area contributed by atoms with Crippen molar-refractivity contribution in [1.29, 1.82) is 0 Å². The summed E-state index contributed by atoms with van der Waals surface area (Å²) in [5, 5.41) is 12.1. The van der Waals surface area contributed by atoms with Gasteiger partial charge in [0.2, 0.25) is 0 Å². The minimum atomic E-state index is -1.04. The van der Waals surface area contributed by atoms with Crippen molar-refractivity contribution in [2.45, 2.75) is 55.6 Å². The molecule has 5 heterocycles. The highest BCUT2D eigenvalue weighted by molar-refractivity contribution is 14.1. The Kier molecular flexibility index (Phi) is 7.46. The minimum Gasteiger partial charge on any atom is -0.387 e. The van der Waals surface area contributed by atoms with Crippen LogP contribution < -0.4 is 0 Å². The molecule has 0 spiro atoms. The van der Waals surface area contributed by atoms with Gasteiger partial charge in [-0.2, -0.15) is 0 Å². The summed E-state index contributed by atoms with van der Waals surface area (Å²) in [6.45, 7) is 11.2. The predicted octanol–water partition coefficient (Wildman–Crippen LogP) is 5.12. The first-order valence-corrected chi connectivity index (χ1v) is 15.4. The van der Waals surface area contributed by atoms with E-state index in [2.05, 4.69) is 45.6 Å². The molecule has 0 aliphatic carbocycles. The number of aromatic nitrogens is 2. The van der Waals surface area contributed by atoms with E-state index in [1.54, 1.807) is 17.9 Å². The van der Waals surface area contributed by atoms with Crippen molar-refractivity contribution >= 4 is 39.4 Å². The van der Waals surface area contributed by atoms with Gasteiger partial charge in [-0.3, -0.25) is 9.78 Å². The highest BCUT2D eigenvalue weighted by Gasteiger charge is 2.53. The second-order valence-corrected chi connectivity index (χ2v) is 14.4. The standard InChI is InChI=1S/C31H38FIN4O3/c1-20-14-34-15-27-28(20)23(12-22-17-35(18-22)16-21-6-10-40-11-7-21)19-36(27)26-5-4-24(32)13-25(26)29(38)37-9-8-30(2,39)31(37,3)33/h4-5,13-15,19,21-22,39H,6-12,16-18H2,1-3H3/t30?,31-/m1/s1. The molecule has 3 aliphatic heterocycles. The highest BCUT2D eigenvalue weighted by Crippen LogP contribution is 2.44. The number of aliphatic hydroxyl groups is 1. The number of aryl methyl sites for hydroxylation is 1. The first kappa shape index (κ1) is 28.1. The van der Waals surface area contributed by atoms with Gasteiger partial charge >= 0.3 is 0 Å². The molecule has 1 amide bonds. The summed E-state index contributed by atoms with van der Waals surface area (Å²) in [4.78, 5) is 22.6. The van der Waals surface area contributed by atoms with Crippen molar-refractivity contribution in [3.8, 4) is 5.69 Å². The second kappa shape index (κ2) is 10.6. The normalized spacial score (nSPS) is 26.5. The predicted molar refractivity (Wildman–Crippen MR) is 162 cm³/mol. The van der Waals surface area contributed by atoms with Crippen LogP contribution in [0.3, 0.4) is 0 Å². The SMILES string of the molecule is Cc1cncc2c1c(CC1CN(CC3CCOCC3)C1)cn2-c1ccc(F)cc1C(=O)N1CCC(C)(O)[C@]1(C)I. The van der Waals surface area contributed by atoms with Crippen LogP contribution in [0.25, 0.3) is 16.6 Å². The molecule has 3 fully saturated rings. The number of likely N-dealkylation sites (tertiary alicyclic amines) is 2. The maximum absolute atomic E-state index is 14.6. The summed E-state index contributed by atoms with van der Waals surface area (Å²) in [5.74, 6) is 0.574. The second-order valence-electron chi connectivity index (χ2n) is 12.3. The Morgan fingerprint density at radius 3 is 2.65 bits per heavy atom. The van der Waals surface area contributed by atoms with Crippen molar-refractivity contribution in [1.82, 2.24) is 19.4 Å². The number of pyridine rings is 1. The summed E-state index contributed by atoms with van der Waals surface area (Å²) in [7, 11) is 0. The summed E-state index contributed by atoms with van der Waals surface area (Å²) in [6.07, 6.45) is 9.58. The average Bonchev–Trinajstić information content (AvgIpc) is 3.37. The molecule has 3 aliphatic rings. The average molecular weight is 661 g/mol. The van der Waals surface area contributed by atoms with Gasteiger partial charge in [-0.25, -0.2) is 4.39 Å². The van der Waals surface area contributed by atoms with E-state index in [-0.39, 0.29) is 11.5 Å². The van der Waals surface area contributed by atoms with E-state index in [1.165, 1.54) is 17.7 Å². The van der Waals surface area contributed by atoms with E-state index >= 15 is 0 Å². The van der Waals surface area contributed by atoms with Gasteiger partial charge in [0.1, 0.15) is 9.36 Å². The number of rotatable bonds is 6. The summed E-state index contributed by atoms with van der Waals surface area (Å²) in [5.41, 5.74) is 3.12. The number of hydrogen-bond donors (Lipinski definition) is 1. The number of carbonyl (C=O) groups excluding carboxylic acids is 1. The number of alkyl halides is 1. The van der Waals surface area contributed by atoms with E-state index in [1.807, 2.05) is 23.9 Å². The number of benzene rings is 1. The third-order valence-electron chi connectivity index (χ3n) is 9.39. The molecular formula is C31H38FIN4O3. The molecule has 9 heteroatoms. The molecule has 2 aromatic heterocycles. The number of hydrogen-bond acceptors (Lipinski definition) is 5. The van der Waals surface area contributed by atoms with Gasteiger partial charge < -0.3 is 24.2 Å². The topological polar surface area (TPSA) is 70.8 Å². The van der Waals surface area contributed by atoms with Crippen LogP contribution in [-0.4, -0.2) is 78.9 Å². The fourth-order valence-electron chi connectivity index (χ4n) is 6.74. The zero-order valence-corrected chi connectivity index (χ0v) is 25.7. The number of ether oxygens (including phenoxy) is 1. The van der Waals surface area contributed by atoms with Crippen LogP contribution in [0, 0.1) is 24.6 Å². The lowest BCUT2D eigenvalue weighted by molar-refractivity contribution is 0.0183. The molecule has 1 unspecified atom stereocenters. The number of carbonyl (C=O) groups is 1. The van der Waals surface area contributed by atoms with Gasteiger partial charge in [0.15, 0.2) is 0 Å². The Bertz CT molecular complexity index is 1430. The first-order valence-electron chi connectivity index (χ1n) is 14.3. The Morgan fingerprint density at radius 2 is 1.95 bits per heavy atom. The molecule has 0 radical (unpaired) electrons. The van der Waals surface area contributed by atoms with Gasteiger partial charge in [0, 0.05) is 57.2 Å². The molecule has 0 bridgehead atoms. The molecule has 40 heavy (non-hydrogen) atoms. The molecule has 0 saturated carbocycles. The monoisotopic (exact) mass is 660 g/mol. The van der Waals surface area contributed by atoms with Crippen LogP contribution in [0.5, 0.6) is 0 Å². The fraction of sp³-hybridized carbons (Fsp3) is 0.548. The van der Waals surface area contributed by atoms with Gasteiger partial charge in [0.25, 0.3) is 5.91 Å². The van der Waals surface area contributed by atoms with Crippen LogP contribution in [0.15, 0.2) is 36.8 Å². The third-order valence-corrected chi connectivity index (χ3v) is 11.1. The van der Waals surface area contributed by atoms with Crippen molar-refractivity contribution in [3.05, 3.63) is 59.3 Å². The van der Waals surface area contributed by atoms with Crippen LogP contribution in [-0.2, 0) is 11.2 Å². The Morgan fingerprint density at radius 1 is 1.20 bits per heavy atom. The lowest BCUT2D eigenvalue weighted by Gasteiger charge is -2.42.